The highest BCUT2D eigenvalue weighted by Gasteiger charge is 2.32. The molecule has 0 amide bonds. The van der Waals surface area contributed by atoms with Gasteiger partial charge >= 0.3 is 0 Å². The molecule has 3 heteroatoms. The molecule has 0 saturated carbocycles. The second kappa shape index (κ2) is 5.00. The Hall–Kier alpha value is -0.900. The van der Waals surface area contributed by atoms with Crippen molar-refractivity contribution >= 4 is 0 Å². The van der Waals surface area contributed by atoms with Crippen LogP contribution in [0.5, 0.6) is 0 Å². The summed E-state index contributed by atoms with van der Waals surface area (Å²) in [5.41, 5.74) is 10.3. The van der Waals surface area contributed by atoms with Gasteiger partial charge in [0.25, 0.3) is 0 Å². The molecule has 3 nitrogen and oxygen atoms in total. The lowest BCUT2D eigenvalue weighted by Crippen LogP contribution is -2.34. The van der Waals surface area contributed by atoms with E-state index >= 15 is 0 Å². The zero-order valence-electron chi connectivity index (χ0n) is 11.1. The number of hydrogen-bond acceptors (Lipinski definition) is 3. The maximum atomic E-state index is 5.98. The van der Waals surface area contributed by atoms with Gasteiger partial charge in [0.05, 0.1) is 6.10 Å². The van der Waals surface area contributed by atoms with Gasteiger partial charge in [-0.2, -0.15) is 0 Å². The van der Waals surface area contributed by atoms with Crippen LogP contribution < -0.4 is 5.73 Å². The van der Waals surface area contributed by atoms with E-state index in [-0.39, 0.29) is 0 Å². The number of nitrogens with zero attached hydrogens (tertiary/aromatic N) is 1. The second-order valence-electron chi connectivity index (χ2n) is 5.46. The number of hydrogen-bond donors (Lipinski definition) is 1. The molecule has 2 heterocycles. The van der Waals surface area contributed by atoms with Crippen molar-refractivity contribution in [2.24, 2.45) is 5.73 Å². The first-order valence-corrected chi connectivity index (χ1v) is 6.93. The van der Waals surface area contributed by atoms with Gasteiger partial charge in [-0.3, -0.25) is 4.90 Å². The zero-order valence-corrected chi connectivity index (χ0v) is 11.1. The molecule has 2 aliphatic rings. The third kappa shape index (κ3) is 2.07. The van der Waals surface area contributed by atoms with Crippen LogP contribution in [0.2, 0.25) is 0 Å². The number of fused-ring (bicyclic) bond motifs is 1. The van der Waals surface area contributed by atoms with E-state index in [1.54, 1.807) is 0 Å². The zero-order chi connectivity index (χ0) is 12.5. The van der Waals surface area contributed by atoms with E-state index in [9.17, 15) is 0 Å². The molecule has 2 aliphatic heterocycles. The predicted molar refractivity (Wildman–Crippen MR) is 72.4 cm³/mol. The highest BCUT2D eigenvalue weighted by atomic mass is 16.5. The molecule has 1 aromatic rings. The van der Waals surface area contributed by atoms with Gasteiger partial charge in [0.1, 0.15) is 0 Å². The predicted octanol–water partition coefficient (Wildman–Crippen LogP) is 1.99. The quantitative estimate of drug-likeness (QED) is 0.886. The lowest BCUT2D eigenvalue weighted by Gasteiger charge is -2.26. The molecule has 0 bridgehead atoms. The molecule has 3 rings (SSSR count). The summed E-state index contributed by atoms with van der Waals surface area (Å²) in [7, 11) is 0. The third-order valence-electron chi connectivity index (χ3n) is 4.29. The maximum absolute atomic E-state index is 5.98. The summed E-state index contributed by atoms with van der Waals surface area (Å²) in [6, 6.07) is 6.95. The number of rotatable bonds is 3. The molecular weight excluding hydrogens is 224 g/mol. The minimum Gasteiger partial charge on any atom is -0.377 e. The fourth-order valence-corrected chi connectivity index (χ4v) is 3.28. The van der Waals surface area contributed by atoms with Crippen LogP contribution in [0.1, 0.15) is 35.6 Å². The number of benzene rings is 1. The van der Waals surface area contributed by atoms with Crippen molar-refractivity contribution < 1.29 is 4.74 Å². The molecule has 0 spiro atoms. The smallest absolute Gasteiger partial charge is 0.0703 e. The Morgan fingerprint density at radius 2 is 2.33 bits per heavy atom. The standard InChI is InChI=1S/C15H22N2O/c1-11-4-2-6-13-14(11)10-17(15(13)8-16)9-12-5-3-7-18-12/h2,4,6,12,15H,3,5,7-10,16H2,1H3. The Balaban J connectivity index is 1.79. The van der Waals surface area contributed by atoms with Crippen LogP contribution in [-0.4, -0.2) is 30.7 Å². The van der Waals surface area contributed by atoms with E-state index in [4.69, 9.17) is 10.5 Å². The van der Waals surface area contributed by atoms with Crippen molar-refractivity contribution in [2.75, 3.05) is 19.7 Å². The van der Waals surface area contributed by atoms with E-state index in [0.717, 1.165) is 19.7 Å². The van der Waals surface area contributed by atoms with Crippen LogP contribution in [0.3, 0.4) is 0 Å². The van der Waals surface area contributed by atoms with Crippen molar-refractivity contribution in [2.45, 2.75) is 38.5 Å². The topological polar surface area (TPSA) is 38.5 Å². The normalized spacial score (nSPS) is 27.7. The van der Waals surface area contributed by atoms with Gasteiger partial charge in [0.15, 0.2) is 0 Å². The van der Waals surface area contributed by atoms with Crippen LogP contribution in [0, 0.1) is 6.92 Å². The van der Waals surface area contributed by atoms with Crippen molar-refractivity contribution in [1.82, 2.24) is 4.90 Å². The van der Waals surface area contributed by atoms with Gasteiger partial charge in [0.2, 0.25) is 0 Å². The molecule has 0 aromatic heterocycles. The fourth-order valence-electron chi connectivity index (χ4n) is 3.28. The van der Waals surface area contributed by atoms with Gasteiger partial charge in [-0.05, 0) is 36.5 Å². The molecular formula is C15H22N2O. The van der Waals surface area contributed by atoms with Gasteiger partial charge < -0.3 is 10.5 Å². The molecule has 2 unspecified atom stereocenters. The first-order chi connectivity index (χ1) is 8.79. The van der Waals surface area contributed by atoms with Crippen LogP contribution in [0.4, 0.5) is 0 Å². The summed E-state index contributed by atoms with van der Waals surface area (Å²) in [5.74, 6) is 0. The lowest BCUT2D eigenvalue weighted by atomic mass is 10.0. The second-order valence-corrected chi connectivity index (χ2v) is 5.46. The SMILES string of the molecule is Cc1cccc2c1CN(CC1CCCO1)C2CN. The molecule has 1 saturated heterocycles. The summed E-state index contributed by atoms with van der Waals surface area (Å²) < 4.78 is 5.75. The molecule has 1 fully saturated rings. The summed E-state index contributed by atoms with van der Waals surface area (Å²) in [5, 5.41) is 0. The monoisotopic (exact) mass is 246 g/mol. The molecule has 1 aromatic carbocycles. The largest absolute Gasteiger partial charge is 0.377 e. The summed E-state index contributed by atoms with van der Waals surface area (Å²) in [6.07, 6.45) is 2.81. The van der Waals surface area contributed by atoms with Crippen molar-refractivity contribution in [3.8, 4) is 0 Å². The van der Waals surface area contributed by atoms with E-state index < -0.39 is 0 Å². The van der Waals surface area contributed by atoms with E-state index in [2.05, 4.69) is 30.0 Å². The van der Waals surface area contributed by atoms with Crippen LogP contribution in [0.15, 0.2) is 18.2 Å². The Morgan fingerprint density at radius 3 is 3.06 bits per heavy atom. The highest BCUT2D eigenvalue weighted by Crippen LogP contribution is 2.35. The van der Waals surface area contributed by atoms with Crippen molar-refractivity contribution in [1.29, 1.82) is 0 Å². The summed E-state index contributed by atoms with van der Waals surface area (Å²) in [4.78, 5) is 2.49. The van der Waals surface area contributed by atoms with Gasteiger partial charge in [-0.15, -0.1) is 0 Å². The molecule has 2 atom stereocenters. The average molecular weight is 246 g/mol. The number of ether oxygens (including phenoxy) is 1. The van der Waals surface area contributed by atoms with E-state index in [1.165, 1.54) is 29.5 Å². The molecule has 0 aliphatic carbocycles. The van der Waals surface area contributed by atoms with Crippen LogP contribution >= 0.6 is 0 Å². The number of aryl methyl sites for hydroxylation is 1. The Labute approximate surface area is 109 Å². The first kappa shape index (κ1) is 12.2. The molecule has 0 radical (unpaired) electrons. The third-order valence-corrected chi connectivity index (χ3v) is 4.29. The van der Waals surface area contributed by atoms with Crippen LogP contribution in [-0.2, 0) is 11.3 Å². The molecule has 2 N–H and O–H groups in total. The number of nitrogens with two attached hydrogens (primary N) is 1. The summed E-state index contributed by atoms with van der Waals surface area (Å²) >= 11 is 0. The van der Waals surface area contributed by atoms with Crippen molar-refractivity contribution in [3.05, 3.63) is 34.9 Å². The van der Waals surface area contributed by atoms with Gasteiger partial charge in [0, 0.05) is 32.3 Å². The first-order valence-electron chi connectivity index (χ1n) is 6.93. The average Bonchev–Trinajstić information content (AvgIpc) is 2.97. The van der Waals surface area contributed by atoms with Crippen molar-refractivity contribution in [3.63, 3.8) is 0 Å². The van der Waals surface area contributed by atoms with Crippen LogP contribution in [0.25, 0.3) is 0 Å². The molecule has 98 valence electrons. The molecule has 18 heavy (non-hydrogen) atoms. The summed E-state index contributed by atoms with van der Waals surface area (Å²) in [6.45, 7) is 5.88. The Morgan fingerprint density at radius 1 is 1.44 bits per heavy atom. The Kier molecular flexibility index (Phi) is 3.37. The van der Waals surface area contributed by atoms with Gasteiger partial charge in [-0.1, -0.05) is 18.2 Å². The highest BCUT2D eigenvalue weighted by molar-refractivity contribution is 5.40. The Bertz CT molecular complexity index is 427. The van der Waals surface area contributed by atoms with E-state index in [1.807, 2.05) is 0 Å². The van der Waals surface area contributed by atoms with E-state index in [0.29, 0.717) is 18.7 Å². The lowest BCUT2D eigenvalue weighted by molar-refractivity contribution is 0.0609. The minimum atomic E-state index is 0.379. The van der Waals surface area contributed by atoms with Gasteiger partial charge in [-0.25, -0.2) is 0 Å². The fraction of sp³-hybridized carbons (Fsp3) is 0.600. The maximum Gasteiger partial charge on any atom is 0.0703 e. The minimum absolute atomic E-state index is 0.379.